The van der Waals surface area contributed by atoms with Crippen LogP contribution in [-0.4, -0.2) is 67.1 Å². The van der Waals surface area contributed by atoms with Crippen LogP contribution in [0.3, 0.4) is 0 Å². The van der Waals surface area contributed by atoms with Crippen molar-refractivity contribution in [2.75, 3.05) is 31.1 Å². The Bertz CT molecular complexity index is 1390. The van der Waals surface area contributed by atoms with Gasteiger partial charge in [0, 0.05) is 67.7 Å². The van der Waals surface area contributed by atoms with Crippen molar-refractivity contribution in [3.8, 4) is 22.4 Å². The molecule has 9 nitrogen and oxygen atoms in total. The van der Waals surface area contributed by atoms with Gasteiger partial charge in [0.2, 0.25) is 0 Å². The summed E-state index contributed by atoms with van der Waals surface area (Å²) in [5.74, 6) is 1.58. The smallest absolute Gasteiger partial charge is 0.410 e. The summed E-state index contributed by atoms with van der Waals surface area (Å²) >= 11 is 6.56. The number of rotatable bonds is 3. The monoisotopic (exact) mass is 505 g/mol. The average molecular weight is 506 g/mol. The summed E-state index contributed by atoms with van der Waals surface area (Å²) in [5.41, 5.74) is 3.76. The highest BCUT2D eigenvalue weighted by Gasteiger charge is 2.26. The van der Waals surface area contributed by atoms with E-state index >= 15 is 0 Å². The Kier molecular flexibility index (Phi) is 6.26. The third-order valence-electron chi connectivity index (χ3n) is 5.97. The molecule has 10 heteroatoms. The van der Waals surface area contributed by atoms with E-state index in [1.807, 2.05) is 62.7 Å². The molecule has 0 saturated carbocycles. The zero-order valence-corrected chi connectivity index (χ0v) is 21.5. The van der Waals surface area contributed by atoms with Crippen LogP contribution in [0.15, 0.2) is 49.2 Å². The molecule has 36 heavy (non-hydrogen) atoms. The molecule has 0 atom stereocenters. The van der Waals surface area contributed by atoms with Crippen molar-refractivity contribution in [3.05, 3.63) is 60.0 Å². The van der Waals surface area contributed by atoms with Crippen molar-refractivity contribution in [1.82, 2.24) is 29.2 Å². The summed E-state index contributed by atoms with van der Waals surface area (Å²) in [4.78, 5) is 34.1. The minimum atomic E-state index is -0.498. The minimum absolute atomic E-state index is 0.270. The third-order valence-corrected chi connectivity index (χ3v) is 6.25. The van der Waals surface area contributed by atoms with Gasteiger partial charge >= 0.3 is 6.09 Å². The van der Waals surface area contributed by atoms with Crippen molar-refractivity contribution in [2.45, 2.75) is 33.3 Å². The lowest BCUT2D eigenvalue weighted by atomic mass is 10.1. The number of ether oxygens (including phenoxy) is 1. The van der Waals surface area contributed by atoms with E-state index in [2.05, 4.69) is 19.9 Å². The molecule has 0 aliphatic carbocycles. The van der Waals surface area contributed by atoms with Gasteiger partial charge in [0.1, 0.15) is 17.2 Å². The second kappa shape index (κ2) is 9.39. The molecule has 0 spiro atoms. The van der Waals surface area contributed by atoms with Crippen LogP contribution in [0, 0.1) is 6.92 Å². The number of pyridine rings is 2. The van der Waals surface area contributed by atoms with Crippen molar-refractivity contribution in [1.29, 1.82) is 0 Å². The van der Waals surface area contributed by atoms with Crippen molar-refractivity contribution in [3.63, 3.8) is 0 Å². The summed E-state index contributed by atoms with van der Waals surface area (Å²) in [6.45, 7) is 10.1. The minimum Gasteiger partial charge on any atom is -0.444 e. The van der Waals surface area contributed by atoms with Gasteiger partial charge in [-0.25, -0.2) is 24.7 Å². The van der Waals surface area contributed by atoms with Gasteiger partial charge in [-0.2, -0.15) is 0 Å². The molecule has 0 unspecified atom stereocenters. The maximum Gasteiger partial charge on any atom is 0.410 e. The van der Waals surface area contributed by atoms with E-state index in [-0.39, 0.29) is 6.09 Å². The first-order valence-corrected chi connectivity index (χ1v) is 12.2. The zero-order chi connectivity index (χ0) is 25.4. The lowest BCUT2D eigenvalue weighted by Crippen LogP contribution is -2.50. The van der Waals surface area contributed by atoms with Crippen LogP contribution in [-0.2, 0) is 4.74 Å². The van der Waals surface area contributed by atoms with Crippen LogP contribution in [0.2, 0.25) is 5.02 Å². The molecule has 4 aromatic rings. The molecule has 5 heterocycles. The second-order valence-corrected chi connectivity index (χ2v) is 10.2. The number of aryl methyl sites for hydroxylation is 1. The molecule has 5 rings (SSSR count). The number of aromatic nitrogens is 5. The molecule has 0 radical (unpaired) electrons. The van der Waals surface area contributed by atoms with Crippen LogP contribution in [0.5, 0.6) is 0 Å². The molecule has 1 saturated heterocycles. The highest BCUT2D eigenvalue weighted by atomic mass is 35.5. The summed E-state index contributed by atoms with van der Waals surface area (Å²) in [6.07, 6.45) is 8.93. The van der Waals surface area contributed by atoms with Gasteiger partial charge in [-0.3, -0.25) is 4.40 Å². The fourth-order valence-corrected chi connectivity index (χ4v) is 4.39. The van der Waals surface area contributed by atoms with E-state index in [1.165, 1.54) is 0 Å². The number of carbonyl (C=O) groups excluding carboxylic acids is 1. The Labute approximate surface area is 214 Å². The number of anilines is 1. The lowest BCUT2D eigenvalue weighted by molar-refractivity contribution is 0.0240. The SMILES string of the molecule is Cc1ncc(-c2cc(Cl)c3ncc(-c4ccc(N5CCN(C(=O)OC(C)(C)C)CC5)nc4)n3c2)cn1. The van der Waals surface area contributed by atoms with Crippen LogP contribution < -0.4 is 4.90 Å². The number of hydrogen-bond acceptors (Lipinski definition) is 7. The number of imidazole rings is 1. The summed E-state index contributed by atoms with van der Waals surface area (Å²) in [7, 11) is 0. The maximum absolute atomic E-state index is 12.3. The van der Waals surface area contributed by atoms with E-state index < -0.39 is 5.60 Å². The third kappa shape index (κ3) is 4.97. The molecule has 1 aliphatic rings. The Balaban J connectivity index is 1.34. The van der Waals surface area contributed by atoms with Gasteiger partial charge in [0.25, 0.3) is 0 Å². The van der Waals surface area contributed by atoms with Gasteiger partial charge < -0.3 is 14.5 Å². The van der Waals surface area contributed by atoms with Gasteiger partial charge in [0.05, 0.1) is 16.9 Å². The first-order chi connectivity index (χ1) is 17.2. The lowest BCUT2D eigenvalue weighted by Gasteiger charge is -2.36. The molecule has 0 aromatic carbocycles. The van der Waals surface area contributed by atoms with Gasteiger partial charge in [-0.1, -0.05) is 11.6 Å². The van der Waals surface area contributed by atoms with Gasteiger partial charge in [0.15, 0.2) is 5.65 Å². The first kappa shape index (κ1) is 24.0. The quantitative estimate of drug-likeness (QED) is 0.392. The number of halogens is 1. The first-order valence-electron chi connectivity index (χ1n) is 11.8. The largest absolute Gasteiger partial charge is 0.444 e. The molecular weight excluding hydrogens is 478 g/mol. The summed E-state index contributed by atoms with van der Waals surface area (Å²) in [5, 5.41) is 0.548. The second-order valence-electron chi connectivity index (χ2n) is 9.79. The topological polar surface area (TPSA) is 88.8 Å². The molecule has 1 amide bonds. The molecule has 1 fully saturated rings. The van der Waals surface area contributed by atoms with Crippen LogP contribution >= 0.6 is 11.6 Å². The number of fused-ring (bicyclic) bond motifs is 1. The predicted octanol–water partition coefficient (Wildman–Crippen LogP) is 4.87. The number of nitrogens with zero attached hydrogens (tertiary/aromatic N) is 7. The Morgan fingerprint density at radius 3 is 2.25 bits per heavy atom. The van der Waals surface area contributed by atoms with E-state index in [1.54, 1.807) is 23.5 Å². The molecule has 186 valence electrons. The summed E-state index contributed by atoms with van der Waals surface area (Å²) < 4.78 is 7.45. The van der Waals surface area contributed by atoms with E-state index in [0.717, 1.165) is 28.2 Å². The molecule has 0 N–H and O–H groups in total. The number of amides is 1. The Morgan fingerprint density at radius 2 is 1.61 bits per heavy atom. The van der Waals surface area contributed by atoms with Crippen molar-refractivity contribution >= 4 is 29.2 Å². The Morgan fingerprint density at radius 1 is 0.917 bits per heavy atom. The van der Waals surface area contributed by atoms with Crippen LogP contribution in [0.25, 0.3) is 28.0 Å². The molecule has 1 aliphatic heterocycles. The number of hydrogen-bond donors (Lipinski definition) is 0. The summed E-state index contributed by atoms with van der Waals surface area (Å²) in [6, 6.07) is 5.90. The van der Waals surface area contributed by atoms with E-state index in [9.17, 15) is 4.79 Å². The zero-order valence-electron chi connectivity index (χ0n) is 20.8. The fourth-order valence-electron chi connectivity index (χ4n) is 4.13. The molecule has 0 bridgehead atoms. The van der Waals surface area contributed by atoms with E-state index in [0.29, 0.717) is 42.7 Å². The van der Waals surface area contributed by atoms with Crippen LogP contribution in [0.4, 0.5) is 10.6 Å². The normalized spacial score (nSPS) is 14.4. The van der Waals surface area contributed by atoms with Crippen molar-refractivity contribution < 1.29 is 9.53 Å². The number of piperazine rings is 1. The molecular formula is C26H28ClN7O2. The van der Waals surface area contributed by atoms with Crippen LogP contribution in [0.1, 0.15) is 26.6 Å². The average Bonchev–Trinajstić information content (AvgIpc) is 3.28. The van der Waals surface area contributed by atoms with Gasteiger partial charge in [-0.15, -0.1) is 0 Å². The van der Waals surface area contributed by atoms with Gasteiger partial charge in [-0.05, 0) is 45.9 Å². The molecule has 4 aromatic heterocycles. The highest BCUT2D eigenvalue weighted by molar-refractivity contribution is 6.33. The number of carbonyl (C=O) groups is 1. The maximum atomic E-state index is 12.3. The predicted molar refractivity (Wildman–Crippen MR) is 139 cm³/mol. The standard InChI is InChI=1S/C26H28ClN7O2/c1-17-28-13-20(14-29-17)19-11-21(27)24-31-15-22(34(24)16-19)18-5-6-23(30-12-18)32-7-9-33(10-8-32)25(35)36-26(2,3)4/h5-6,11-16H,7-10H2,1-4H3. The Hall–Kier alpha value is -3.72. The fraction of sp³-hybridized carbons (Fsp3) is 0.346. The van der Waals surface area contributed by atoms with Crippen molar-refractivity contribution in [2.24, 2.45) is 0 Å². The van der Waals surface area contributed by atoms with E-state index in [4.69, 9.17) is 21.3 Å². The highest BCUT2D eigenvalue weighted by Crippen LogP contribution is 2.30.